The molecule has 1 aromatic carbocycles. The second-order valence-electron chi connectivity index (χ2n) is 5.47. The normalized spacial score (nSPS) is 18.0. The van der Waals surface area contributed by atoms with Crippen LogP contribution in [0.5, 0.6) is 0 Å². The highest BCUT2D eigenvalue weighted by atomic mass is 16.2. The number of urea groups is 1. The molecule has 1 heterocycles. The number of rotatable bonds is 5. The van der Waals surface area contributed by atoms with E-state index in [-0.39, 0.29) is 18.4 Å². The number of amides is 4. The first-order valence-corrected chi connectivity index (χ1v) is 6.94. The number of para-hydroxylation sites is 1. The standard InChI is InChI=1S/C15H19N3O3/c1-10(2)8-12-14(20)18(15(21)17-12)9-13(19)16-11-6-4-3-5-7-11/h3-7,10,12H,8-9H2,1-2H3,(H,16,19)(H,17,21)/t12-/m0/s1. The molecule has 1 aliphatic rings. The summed E-state index contributed by atoms with van der Waals surface area (Å²) in [5.74, 6) is -0.441. The van der Waals surface area contributed by atoms with Gasteiger partial charge in [0.05, 0.1) is 0 Å². The Morgan fingerprint density at radius 3 is 2.57 bits per heavy atom. The summed E-state index contributed by atoms with van der Waals surface area (Å²) >= 11 is 0. The molecule has 4 amide bonds. The summed E-state index contributed by atoms with van der Waals surface area (Å²) in [4.78, 5) is 36.7. The fourth-order valence-corrected chi connectivity index (χ4v) is 2.22. The van der Waals surface area contributed by atoms with Gasteiger partial charge in [0.2, 0.25) is 5.91 Å². The van der Waals surface area contributed by atoms with Gasteiger partial charge in [0.15, 0.2) is 0 Å². The first kappa shape index (κ1) is 15.0. The number of hydrogen-bond acceptors (Lipinski definition) is 3. The van der Waals surface area contributed by atoms with Crippen molar-refractivity contribution in [3.63, 3.8) is 0 Å². The number of carbonyl (C=O) groups is 3. The molecule has 21 heavy (non-hydrogen) atoms. The van der Waals surface area contributed by atoms with Crippen LogP contribution in [0.2, 0.25) is 0 Å². The highest BCUT2D eigenvalue weighted by Gasteiger charge is 2.38. The van der Waals surface area contributed by atoms with Gasteiger partial charge in [-0.25, -0.2) is 4.79 Å². The van der Waals surface area contributed by atoms with Crippen LogP contribution in [0.15, 0.2) is 30.3 Å². The quantitative estimate of drug-likeness (QED) is 0.808. The maximum atomic E-state index is 12.1. The van der Waals surface area contributed by atoms with Crippen LogP contribution >= 0.6 is 0 Å². The van der Waals surface area contributed by atoms with E-state index in [1.807, 2.05) is 19.9 Å². The predicted molar refractivity (Wildman–Crippen MR) is 78.6 cm³/mol. The second kappa shape index (κ2) is 6.39. The number of nitrogens with zero attached hydrogens (tertiary/aromatic N) is 1. The van der Waals surface area contributed by atoms with Crippen molar-refractivity contribution in [3.05, 3.63) is 30.3 Å². The topological polar surface area (TPSA) is 78.5 Å². The first-order valence-electron chi connectivity index (χ1n) is 6.94. The molecule has 0 spiro atoms. The number of benzene rings is 1. The molecule has 112 valence electrons. The van der Waals surface area contributed by atoms with Gasteiger partial charge in [0.1, 0.15) is 12.6 Å². The van der Waals surface area contributed by atoms with Gasteiger partial charge in [-0.1, -0.05) is 32.0 Å². The fourth-order valence-electron chi connectivity index (χ4n) is 2.22. The van der Waals surface area contributed by atoms with E-state index in [2.05, 4.69) is 10.6 Å². The van der Waals surface area contributed by atoms with E-state index in [4.69, 9.17) is 0 Å². The summed E-state index contributed by atoms with van der Waals surface area (Å²) in [7, 11) is 0. The van der Waals surface area contributed by atoms with Crippen LogP contribution in [0, 0.1) is 5.92 Å². The molecule has 0 unspecified atom stereocenters. The van der Waals surface area contributed by atoms with Crippen LogP contribution in [-0.4, -0.2) is 35.3 Å². The molecule has 0 radical (unpaired) electrons. The van der Waals surface area contributed by atoms with E-state index in [1.165, 1.54) is 0 Å². The zero-order valence-electron chi connectivity index (χ0n) is 12.1. The van der Waals surface area contributed by atoms with Crippen molar-refractivity contribution in [2.45, 2.75) is 26.3 Å². The lowest BCUT2D eigenvalue weighted by molar-refractivity contribution is -0.131. The summed E-state index contributed by atoms with van der Waals surface area (Å²) in [6, 6.07) is 7.88. The maximum Gasteiger partial charge on any atom is 0.325 e. The molecule has 2 N–H and O–H groups in total. The smallest absolute Gasteiger partial charge is 0.325 e. The van der Waals surface area contributed by atoms with Gasteiger partial charge in [-0.05, 0) is 24.5 Å². The van der Waals surface area contributed by atoms with E-state index in [9.17, 15) is 14.4 Å². The van der Waals surface area contributed by atoms with E-state index >= 15 is 0 Å². The largest absolute Gasteiger partial charge is 0.326 e. The highest BCUT2D eigenvalue weighted by molar-refractivity contribution is 6.07. The summed E-state index contributed by atoms with van der Waals surface area (Å²) < 4.78 is 0. The van der Waals surface area contributed by atoms with Gasteiger partial charge in [0.25, 0.3) is 5.91 Å². The minimum Gasteiger partial charge on any atom is -0.326 e. The van der Waals surface area contributed by atoms with Gasteiger partial charge >= 0.3 is 6.03 Å². The van der Waals surface area contributed by atoms with Crippen LogP contribution in [-0.2, 0) is 9.59 Å². The van der Waals surface area contributed by atoms with E-state index < -0.39 is 18.0 Å². The van der Waals surface area contributed by atoms with Crippen molar-refractivity contribution in [1.82, 2.24) is 10.2 Å². The average molecular weight is 289 g/mol. The third-order valence-electron chi connectivity index (χ3n) is 3.17. The molecule has 1 fully saturated rings. The van der Waals surface area contributed by atoms with Gasteiger partial charge in [-0.2, -0.15) is 0 Å². The Bertz CT molecular complexity index is 542. The summed E-state index contributed by atoms with van der Waals surface area (Å²) in [5, 5.41) is 5.26. The lowest BCUT2D eigenvalue weighted by Gasteiger charge is -2.13. The molecule has 6 nitrogen and oxygen atoms in total. The summed E-state index contributed by atoms with van der Waals surface area (Å²) in [6.45, 7) is 3.68. The minimum atomic E-state index is -0.526. The number of imide groups is 1. The molecule has 6 heteroatoms. The zero-order valence-corrected chi connectivity index (χ0v) is 12.1. The molecule has 2 rings (SSSR count). The van der Waals surface area contributed by atoms with E-state index in [0.717, 1.165) is 4.90 Å². The number of carbonyl (C=O) groups excluding carboxylic acids is 3. The van der Waals surface area contributed by atoms with Gasteiger partial charge in [0, 0.05) is 5.69 Å². The van der Waals surface area contributed by atoms with Crippen LogP contribution < -0.4 is 10.6 Å². The minimum absolute atomic E-state index is 0.270. The van der Waals surface area contributed by atoms with Crippen molar-refractivity contribution in [1.29, 1.82) is 0 Å². The maximum absolute atomic E-state index is 12.1. The third kappa shape index (κ3) is 3.81. The van der Waals surface area contributed by atoms with Crippen LogP contribution in [0.4, 0.5) is 10.5 Å². The Morgan fingerprint density at radius 1 is 1.29 bits per heavy atom. The average Bonchev–Trinajstić information content (AvgIpc) is 2.67. The van der Waals surface area contributed by atoms with Crippen molar-refractivity contribution < 1.29 is 14.4 Å². The zero-order chi connectivity index (χ0) is 15.4. The van der Waals surface area contributed by atoms with E-state index in [1.54, 1.807) is 24.3 Å². The van der Waals surface area contributed by atoms with Gasteiger partial charge in [-0.3, -0.25) is 14.5 Å². The van der Waals surface area contributed by atoms with Crippen LogP contribution in [0.3, 0.4) is 0 Å². The van der Waals surface area contributed by atoms with Gasteiger partial charge in [-0.15, -0.1) is 0 Å². The molecule has 1 saturated heterocycles. The van der Waals surface area contributed by atoms with Crippen LogP contribution in [0.25, 0.3) is 0 Å². The molecule has 1 aliphatic heterocycles. The van der Waals surface area contributed by atoms with Crippen molar-refractivity contribution >= 4 is 23.5 Å². The molecular formula is C15H19N3O3. The first-order chi connectivity index (χ1) is 9.97. The molecule has 0 aromatic heterocycles. The van der Waals surface area contributed by atoms with Crippen molar-refractivity contribution in [2.24, 2.45) is 5.92 Å². The predicted octanol–water partition coefficient (Wildman–Crippen LogP) is 1.59. The monoisotopic (exact) mass is 289 g/mol. The van der Waals surface area contributed by atoms with Gasteiger partial charge < -0.3 is 10.6 Å². The number of nitrogens with one attached hydrogen (secondary N) is 2. The number of hydrogen-bond donors (Lipinski definition) is 2. The fraction of sp³-hybridized carbons (Fsp3) is 0.400. The molecule has 0 aliphatic carbocycles. The van der Waals surface area contributed by atoms with Crippen molar-refractivity contribution in [2.75, 3.05) is 11.9 Å². The third-order valence-corrected chi connectivity index (χ3v) is 3.17. The second-order valence-corrected chi connectivity index (χ2v) is 5.47. The highest BCUT2D eigenvalue weighted by Crippen LogP contribution is 2.14. The van der Waals surface area contributed by atoms with Crippen LogP contribution in [0.1, 0.15) is 20.3 Å². The molecule has 0 bridgehead atoms. The summed E-state index contributed by atoms with van der Waals surface area (Å²) in [5.41, 5.74) is 0.633. The Morgan fingerprint density at radius 2 is 1.95 bits per heavy atom. The Balaban J connectivity index is 1.94. The molecule has 1 atom stereocenters. The molecule has 1 aromatic rings. The Kier molecular flexibility index (Phi) is 4.57. The summed E-state index contributed by atoms with van der Waals surface area (Å²) in [6.07, 6.45) is 0.571. The van der Waals surface area contributed by atoms with Crippen molar-refractivity contribution in [3.8, 4) is 0 Å². The number of anilines is 1. The lowest BCUT2D eigenvalue weighted by atomic mass is 10.0. The van der Waals surface area contributed by atoms with E-state index in [0.29, 0.717) is 12.1 Å². The molecular weight excluding hydrogens is 270 g/mol. The SMILES string of the molecule is CC(C)C[C@@H]1NC(=O)N(CC(=O)Nc2ccccc2)C1=O. The molecule has 0 saturated carbocycles. The Labute approximate surface area is 123 Å². The lowest BCUT2D eigenvalue weighted by Crippen LogP contribution is -2.38. The Hall–Kier alpha value is -2.37.